The van der Waals surface area contributed by atoms with E-state index in [4.69, 9.17) is 14.2 Å². The van der Waals surface area contributed by atoms with Crippen LogP contribution in [0.3, 0.4) is 0 Å². The lowest BCUT2D eigenvalue weighted by molar-refractivity contribution is -0.171. The number of rotatable bonds is 7. The molecule has 4 rings (SSSR count). The standard InChI is InChI=1S/C32H44O7/c1-19-7-8-20-15-22(33)17-27(29(20)26(19)14-13-25-16-23(34)18-28(35)37-25)38-30(36)32(5,6)39-24-11-9-21(10-12-24)31(2,3)4/h7-12,15,19,22-23,25-27,29,33-34H,13-14,16-18H2,1-6H3/t19-,22+,23+,25+,26-,27-,29-/m0/s1. The van der Waals surface area contributed by atoms with Crippen LogP contribution in [0.5, 0.6) is 5.75 Å². The fraction of sp³-hybridized carbons (Fsp3) is 0.625. The average molecular weight is 541 g/mol. The molecule has 1 heterocycles. The van der Waals surface area contributed by atoms with Crippen molar-refractivity contribution >= 4 is 11.9 Å². The van der Waals surface area contributed by atoms with Gasteiger partial charge < -0.3 is 24.4 Å². The van der Waals surface area contributed by atoms with E-state index in [0.29, 0.717) is 25.0 Å². The average Bonchev–Trinajstić information content (AvgIpc) is 2.82. The quantitative estimate of drug-likeness (QED) is 0.468. The highest BCUT2D eigenvalue weighted by molar-refractivity contribution is 5.79. The second-order valence-corrected chi connectivity index (χ2v) is 13.0. The Bertz CT molecular complexity index is 1090. The van der Waals surface area contributed by atoms with E-state index in [2.05, 4.69) is 33.8 Å². The van der Waals surface area contributed by atoms with Crippen LogP contribution in [0.2, 0.25) is 0 Å². The maximum absolute atomic E-state index is 13.5. The molecule has 1 aromatic carbocycles. The number of carbonyl (C=O) groups is 2. The molecule has 7 heteroatoms. The number of hydrogen-bond donors (Lipinski definition) is 2. The largest absolute Gasteiger partial charge is 0.476 e. The number of cyclic esters (lactones) is 1. The zero-order valence-electron chi connectivity index (χ0n) is 24.1. The fourth-order valence-electron chi connectivity index (χ4n) is 6.04. The first-order valence-electron chi connectivity index (χ1n) is 14.2. The number of hydrogen-bond acceptors (Lipinski definition) is 7. The number of benzene rings is 1. The Morgan fingerprint density at radius 3 is 2.38 bits per heavy atom. The number of aliphatic hydroxyl groups excluding tert-OH is 2. The molecule has 1 fully saturated rings. The highest BCUT2D eigenvalue weighted by Gasteiger charge is 2.44. The third-order valence-corrected chi connectivity index (χ3v) is 8.27. The topological polar surface area (TPSA) is 102 Å². The molecule has 214 valence electrons. The summed E-state index contributed by atoms with van der Waals surface area (Å²) in [5.41, 5.74) is 0.925. The van der Waals surface area contributed by atoms with Gasteiger partial charge in [-0.3, -0.25) is 4.79 Å². The SMILES string of the molecule is C[C@H]1C=CC2=C[C@@H](O)C[C@H](OC(=O)C(C)(C)Oc3ccc(C(C)(C)C)cc3)[C@@H]2[C@H]1CC[C@@H]1C[C@@H](O)CC(=O)O1. The molecule has 7 nitrogen and oxygen atoms in total. The normalized spacial score (nSPS) is 31.1. The van der Waals surface area contributed by atoms with E-state index in [9.17, 15) is 19.8 Å². The van der Waals surface area contributed by atoms with Gasteiger partial charge in [0.15, 0.2) is 5.60 Å². The summed E-state index contributed by atoms with van der Waals surface area (Å²) in [5.74, 6) is -0.0180. The third-order valence-electron chi connectivity index (χ3n) is 8.27. The maximum atomic E-state index is 13.5. The first kappa shape index (κ1) is 29.3. The van der Waals surface area contributed by atoms with Gasteiger partial charge >= 0.3 is 11.9 Å². The van der Waals surface area contributed by atoms with Crippen LogP contribution in [0.4, 0.5) is 0 Å². The van der Waals surface area contributed by atoms with Crippen molar-refractivity contribution in [2.45, 2.75) is 109 Å². The van der Waals surface area contributed by atoms with E-state index >= 15 is 0 Å². The zero-order chi connectivity index (χ0) is 28.5. The summed E-state index contributed by atoms with van der Waals surface area (Å²) < 4.78 is 17.7. The zero-order valence-corrected chi connectivity index (χ0v) is 24.1. The Kier molecular flexibility index (Phi) is 8.62. The van der Waals surface area contributed by atoms with Crippen LogP contribution in [0, 0.1) is 17.8 Å². The predicted octanol–water partition coefficient (Wildman–Crippen LogP) is 5.03. The summed E-state index contributed by atoms with van der Waals surface area (Å²) in [6.07, 6.45) is 5.94. The first-order chi connectivity index (χ1) is 18.2. The van der Waals surface area contributed by atoms with Gasteiger partial charge in [-0.1, -0.05) is 58.1 Å². The minimum atomic E-state index is -1.23. The lowest BCUT2D eigenvalue weighted by Crippen LogP contribution is -2.47. The van der Waals surface area contributed by atoms with Gasteiger partial charge in [0, 0.05) is 18.8 Å². The molecule has 1 saturated heterocycles. The van der Waals surface area contributed by atoms with Gasteiger partial charge in [-0.2, -0.15) is 0 Å². The second-order valence-electron chi connectivity index (χ2n) is 13.0. The molecule has 1 aliphatic heterocycles. The maximum Gasteiger partial charge on any atom is 0.350 e. The van der Waals surface area contributed by atoms with Crippen LogP contribution in [-0.4, -0.2) is 52.2 Å². The second kappa shape index (κ2) is 11.5. The van der Waals surface area contributed by atoms with Gasteiger partial charge in [0.05, 0.1) is 18.6 Å². The summed E-state index contributed by atoms with van der Waals surface area (Å²) in [5, 5.41) is 20.6. The van der Waals surface area contributed by atoms with Crippen molar-refractivity contribution in [3.8, 4) is 5.75 Å². The van der Waals surface area contributed by atoms with Crippen LogP contribution >= 0.6 is 0 Å². The number of allylic oxidation sites excluding steroid dienone is 2. The van der Waals surface area contributed by atoms with Crippen molar-refractivity contribution in [2.24, 2.45) is 17.8 Å². The minimum absolute atomic E-state index is 0.0145. The highest BCUT2D eigenvalue weighted by Crippen LogP contribution is 2.44. The first-order valence-corrected chi connectivity index (χ1v) is 14.2. The van der Waals surface area contributed by atoms with Crippen molar-refractivity contribution in [3.63, 3.8) is 0 Å². The molecule has 0 bridgehead atoms. The van der Waals surface area contributed by atoms with Crippen LogP contribution in [0.15, 0.2) is 48.1 Å². The van der Waals surface area contributed by atoms with Crippen molar-refractivity contribution in [1.82, 2.24) is 0 Å². The minimum Gasteiger partial charge on any atom is -0.476 e. The van der Waals surface area contributed by atoms with Gasteiger partial charge in [-0.05, 0) is 67.2 Å². The molecule has 2 N–H and O–H groups in total. The van der Waals surface area contributed by atoms with Gasteiger partial charge in [0.1, 0.15) is 18.0 Å². The Labute approximate surface area is 232 Å². The lowest BCUT2D eigenvalue weighted by atomic mass is 9.66. The molecule has 7 atom stereocenters. The van der Waals surface area contributed by atoms with Crippen molar-refractivity contribution in [1.29, 1.82) is 0 Å². The van der Waals surface area contributed by atoms with E-state index in [-0.39, 0.29) is 41.7 Å². The number of carbonyl (C=O) groups excluding carboxylic acids is 2. The number of fused-ring (bicyclic) bond motifs is 1. The number of esters is 2. The Balaban J connectivity index is 1.47. The molecule has 2 aliphatic carbocycles. The molecule has 1 aromatic rings. The summed E-state index contributed by atoms with van der Waals surface area (Å²) >= 11 is 0. The van der Waals surface area contributed by atoms with Crippen LogP contribution in [0.25, 0.3) is 0 Å². The summed E-state index contributed by atoms with van der Waals surface area (Å²) in [6.45, 7) is 12.0. The van der Waals surface area contributed by atoms with E-state index < -0.39 is 29.9 Å². The molecule has 0 unspecified atom stereocenters. The Hall–Kier alpha value is -2.64. The van der Waals surface area contributed by atoms with Gasteiger partial charge in [-0.15, -0.1) is 0 Å². The number of ether oxygens (including phenoxy) is 3. The predicted molar refractivity (Wildman–Crippen MR) is 148 cm³/mol. The molecule has 0 amide bonds. The van der Waals surface area contributed by atoms with Crippen LogP contribution in [-0.2, 0) is 24.5 Å². The van der Waals surface area contributed by atoms with Gasteiger partial charge in [0.25, 0.3) is 0 Å². The molecule has 0 radical (unpaired) electrons. The van der Waals surface area contributed by atoms with Crippen LogP contribution < -0.4 is 4.74 Å². The molecule has 39 heavy (non-hydrogen) atoms. The Morgan fingerprint density at radius 2 is 1.74 bits per heavy atom. The van der Waals surface area contributed by atoms with Crippen molar-refractivity contribution < 1.29 is 34.0 Å². The van der Waals surface area contributed by atoms with Crippen molar-refractivity contribution in [2.75, 3.05) is 0 Å². The summed E-state index contributed by atoms with van der Waals surface area (Å²) in [4.78, 5) is 25.3. The summed E-state index contributed by atoms with van der Waals surface area (Å²) in [6, 6.07) is 7.77. The highest BCUT2D eigenvalue weighted by atomic mass is 16.6. The van der Waals surface area contributed by atoms with Crippen LogP contribution in [0.1, 0.15) is 79.2 Å². The van der Waals surface area contributed by atoms with E-state index in [1.807, 2.05) is 36.4 Å². The summed E-state index contributed by atoms with van der Waals surface area (Å²) in [7, 11) is 0. The smallest absolute Gasteiger partial charge is 0.350 e. The van der Waals surface area contributed by atoms with E-state index in [0.717, 1.165) is 12.0 Å². The molecule has 0 spiro atoms. The lowest BCUT2D eigenvalue weighted by Gasteiger charge is -2.43. The molecule has 0 aromatic heterocycles. The van der Waals surface area contributed by atoms with E-state index in [1.165, 1.54) is 5.56 Å². The molecular formula is C32H44O7. The number of aliphatic hydroxyl groups is 2. The van der Waals surface area contributed by atoms with Crippen molar-refractivity contribution in [3.05, 3.63) is 53.6 Å². The monoisotopic (exact) mass is 540 g/mol. The Morgan fingerprint density at radius 1 is 1.05 bits per heavy atom. The van der Waals surface area contributed by atoms with Gasteiger partial charge in [-0.25, -0.2) is 4.79 Å². The molecule has 3 aliphatic rings. The molecule has 0 saturated carbocycles. The van der Waals surface area contributed by atoms with E-state index in [1.54, 1.807) is 13.8 Å². The fourth-order valence-corrected chi connectivity index (χ4v) is 6.04. The molecular weight excluding hydrogens is 496 g/mol. The van der Waals surface area contributed by atoms with Gasteiger partial charge in [0.2, 0.25) is 0 Å². The third kappa shape index (κ3) is 7.12.